The third-order valence-electron chi connectivity index (χ3n) is 3.55. The molecule has 0 aliphatic rings. The van der Waals surface area contributed by atoms with Crippen molar-refractivity contribution in [3.05, 3.63) is 59.2 Å². The fourth-order valence-corrected chi connectivity index (χ4v) is 3.26. The van der Waals surface area contributed by atoms with Crippen molar-refractivity contribution in [2.24, 2.45) is 0 Å². The van der Waals surface area contributed by atoms with Crippen molar-refractivity contribution in [2.75, 3.05) is 11.9 Å². The molecule has 0 atom stereocenters. The molecule has 0 aromatic heterocycles. The highest BCUT2D eigenvalue weighted by molar-refractivity contribution is 7.89. The molecule has 0 radical (unpaired) electrons. The number of nitrogens with one attached hydrogen (secondary N) is 2. The lowest BCUT2D eigenvalue weighted by Crippen LogP contribution is -2.33. The maximum Gasteiger partial charge on any atom is 0.416 e. The first-order valence-electron chi connectivity index (χ1n) is 7.53. The molecule has 0 saturated carbocycles. The Hall–Kier alpha value is -2.39. The van der Waals surface area contributed by atoms with E-state index in [0.29, 0.717) is 11.8 Å². The molecule has 0 fully saturated rings. The SMILES string of the molecule is Cc1ccc(NC(=O)CNS(=O)(=O)c2cccc(C(F)(F)F)c2)c(C)c1. The molecule has 0 spiro atoms. The number of amides is 1. The number of carbonyl (C=O) groups excluding carboxylic acids is 1. The smallest absolute Gasteiger partial charge is 0.325 e. The van der Waals surface area contributed by atoms with Gasteiger partial charge >= 0.3 is 6.18 Å². The molecule has 26 heavy (non-hydrogen) atoms. The van der Waals surface area contributed by atoms with Gasteiger partial charge in [-0.15, -0.1) is 0 Å². The number of anilines is 1. The van der Waals surface area contributed by atoms with Crippen molar-refractivity contribution in [3.8, 4) is 0 Å². The zero-order chi connectivity index (χ0) is 19.5. The topological polar surface area (TPSA) is 75.3 Å². The summed E-state index contributed by atoms with van der Waals surface area (Å²) in [5.74, 6) is -0.632. The van der Waals surface area contributed by atoms with Crippen LogP contribution < -0.4 is 10.0 Å². The number of halogens is 3. The van der Waals surface area contributed by atoms with Gasteiger partial charge in [-0.1, -0.05) is 23.8 Å². The number of hydrogen-bond acceptors (Lipinski definition) is 3. The van der Waals surface area contributed by atoms with Crippen LogP contribution in [0.3, 0.4) is 0 Å². The highest BCUT2D eigenvalue weighted by atomic mass is 32.2. The lowest BCUT2D eigenvalue weighted by atomic mass is 10.1. The zero-order valence-corrected chi connectivity index (χ0v) is 14.8. The zero-order valence-electron chi connectivity index (χ0n) is 14.0. The van der Waals surface area contributed by atoms with Gasteiger partial charge in [0.05, 0.1) is 17.0 Å². The van der Waals surface area contributed by atoms with Gasteiger partial charge in [-0.25, -0.2) is 13.1 Å². The van der Waals surface area contributed by atoms with E-state index in [0.717, 1.165) is 29.3 Å². The second-order valence-corrected chi connectivity index (χ2v) is 7.48. The number of hydrogen-bond donors (Lipinski definition) is 2. The van der Waals surface area contributed by atoms with Crippen molar-refractivity contribution < 1.29 is 26.4 Å². The quantitative estimate of drug-likeness (QED) is 0.828. The van der Waals surface area contributed by atoms with Gasteiger partial charge in [-0.05, 0) is 43.7 Å². The van der Waals surface area contributed by atoms with Gasteiger partial charge < -0.3 is 5.32 Å². The van der Waals surface area contributed by atoms with Gasteiger partial charge in [-0.3, -0.25) is 4.79 Å². The Balaban J connectivity index is 2.07. The fraction of sp³-hybridized carbons (Fsp3) is 0.235. The summed E-state index contributed by atoms with van der Waals surface area (Å²) >= 11 is 0. The second-order valence-electron chi connectivity index (χ2n) is 5.72. The van der Waals surface area contributed by atoms with Gasteiger partial charge in [0.1, 0.15) is 0 Å². The van der Waals surface area contributed by atoms with E-state index in [1.165, 1.54) is 0 Å². The summed E-state index contributed by atoms with van der Waals surface area (Å²) in [7, 11) is -4.26. The third-order valence-corrected chi connectivity index (χ3v) is 4.95. The summed E-state index contributed by atoms with van der Waals surface area (Å²) in [6.07, 6.45) is -4.66. The van der Waals surface area contributed by atoms with Crippen LogP contribution in [0.2, 0.25) is 0 Å². The molecule has 0 saturated heterocycles. The van der Waals surface area contributed by atoms with Gasteiger partial charge in [0.2, 0.25) is 15.9 Å². The van der Waals surface area contributed by atoms with Crippen molar-refractivity contribution in [1.82, 2.24) is 4.72 Å². The Bertz CT molecular complexity index is 925. The lowest BCUT2D eigenvalue weighted by molar-refractivity contribution is -0.137. The molecular formula is C17H17F3N2O3S. The van der Waals surface area contributed by atoms with Gasteiger partial charge in [0, 0.05) is 5.69 Å². The molecule has 2 rings (SSSR count). The third kappa shape index (κ3) is 5.06. The van der Waals surface area contributed by atoms with Crippen LogP contribution in [0.15, 0.2) is 47.4 Å². The van der Waals surface area contributed by atoms with E-state index in [4.69, 9.17) is 0 Å². The largest absolute Gasteiger partial charge is 0.416 e. The van der Waals surface area contributed by atoms with E-state index >= 15 is 0 Å². The Kier molecular flexibility index (Phi) is 5.72. The van der Waals surface area contributed by atoms with Crippen LogP contribution in [0.1, 0.15) is 16.7 Å². The summed E-state index contributed by atoms with van der Waals surface area (Å²) in [4.78, 5) is 11.4. The van der Waals surface area contributed by atoms with Gasteiger partial charge in [-0.2, -0.15) is 13.2 Å². The predicted octanol–water partition coefficient (Wildman–Crippen LogP) is 3.24. The lowest BCUT2D eigenvalue weighted by Gasteiger charge is -2.11. The minimum Gasteiger partial charge on any atom is -0.325 e. The molecule has 0 aliphatic heterocycles. The highest BCUT2D eigenvalue weighted by Crippen LogP contribution is 2.30. The summed E-state index contributed by atoms with van der Waals surface area (Å²) in [6.45, 7) is 3.07. The van der Waals surface area contributed by atoms with Gasteiger partial charge in [0.15, 0.2) is 0 Å². The molecule has 0 bridgehead atoms. The maximum absolute atomic E-state index is 12.7. The molecule has 2 N–H and O–H groups in total. The van der Waals surface area contributed by atoms with Crippen LogP contribution in [0.4, 0.5) is 18.9 Å². The minimum atomic E-state index is -4.66. The molecule has 9 heteroatoms. The fourth-order valence-electron chi connectivity index (χ4n) is 2.23. The Labute approximate surface area is 149 Å². The second kappa shape index (κ2) is 7.46. The average molecular weight is 386 g/mol. The number of carbonyl (C=O) groups is 1. The van der Waals surface area contributed by atoms with Crippen LogP contribution in [0.25, 0.3) is 0 Å². The average Bonchev–Trinajstić information content (AvgIpc) is 2.55. The van der Waals surface area contributed by atoms with Crippen LogP contribution in [-0.4, -0.2) is 20.9 Å². The van der Waals surface area contributed by atoms with Crippen molar-refractivity contribution in [2.45, 2.75) is 24.9 Å². The highest BCUT2D eigenvalue weighted by Gasteiger charge is 2.31. The van der Waals surface area contributed by atoms with E-state index in [-0.39, 0.29) is 0 Å². The number of alkyl halides is 3. The number of benzene rings is 2. The minimum absolute atomic E-state index is 0.518. The summed E-state index contributed by atoms with van der Waals surface area (Å²) < 4.78 is 64.3. The molecule has 2 aromatic rings. The monoisotopic (exact) mass is 386 g/mol. The Morgan fingerprint density at radius 2 is 1.77 bits per heavy atom. The summed E-state index contributed by atoms with van der Waals surface area (Å²) in [5, 5.41) is 2.55. The van der Waals surface area contributed by atoms with Crippen molar-refractivity contribution in [3.63, 3.8) is 0 Å². The number of rotatable bonds is 5. The normalized spacial score (nSPS) is 12.0. The van der Waals surface area contributed by atoms with E-state index in [1.807, 2.05) is 17.7 Å². The molecule has 0 aliphatic carbocycles. The molecule has 140 valence electrons. The molecule has 5 nitrogen and oxygen atoms in total. The Morgan fingerprint density at radius 1 is 1.08 bits per heavy atom. The first-order chi connectivity index (χ1) is 12.0. The molecular weight excluding hydrogens is 369 g/mol. The first kappa shape index (κ1) is 19.9. The van der Waals surface area contributed by atoms with E-state index in [1.54, 1.807) is 19.1 Å². The van der Waals surface area contributed by atoms with Crippen molar-refractivity contribution >= 4 is 21.6 Å². The Morgan fingerprint density at radius 3 is 2.38 bits per heavy atom. The van der Waals surface area contributed by atoms with E-state index < -0.39 is 39.1 Å². The number of aryl methyl sites for hydroxylation is 2. The predicted molar refractivity (Wildman–Crippen MR) is 91.2 cm³/mol. The van der Waals surface area contributed by atoms with Crippen LogP contribution in [0, 0.1) is 13.8 Å². The molecule has 1 amide bonds. The first-order valence-corrected chi connectivity index (χ1v) is 9.01. The standard InChI is InChI=1S/C17H17F3N2O3S/c1-11-6-7-15(12(2)8-11)22-16(23)10-21-26(24,25)14-5-3-4-13(9-14)17(18,19)20/h3-9,21H,10H2,1-2H3,(H,22,23). The van der Waals surface area contributed by atoms with Crippen LogP contribution in [0.5, 0.6) is 0 Å². The summed E-state index contributed by atoms with van der Waals surface area (Å²) in [5.41, 5.74) is 1.25. The van der Waals surface area contributed by atoms with E-state index in [9.17, 15) is 26.4 Å². The molecule has 0 unspecified atom stereocenters. The van der Waals surface area contributed by atoms with Crippen LogP contribution >= 0.6 is 0 Å². The van der Waals surface area contributed by atoms with E-state index in [2.05, 4.69) is 5.32 Å². The summed E-state index contributed by atoms with van der Waals surface area (Å²) in [6, 6.07) is 8.63. The van der Waals surface area contributed by atoms with Crippen molar-refractivity contribution in [1.29, 1.82) is 0 Å². The molecule has 2 aromatic carbocycles. The van der Waals surface area contributed by atoms with Crippen LogP contribution in [-0.2, 0) is 21.0 Å². The maximum atomic E-state index is 12.7. The molecule has 0 heterocycles. The van der Waals surface area contributed by atoms with Gasteiger partial charge in [0.25, 0.3) is 0 Å². The number of sulfonamides is 1.